The first-order valence-electron chi connectivity index (χ1n) is 4.30. The number of nitrogens with one attached hydrogen (secondary N) is 3. The molecule has 0 saturated heterocycles. The first kappa shape index (κ1) is 10.4. The first-order chi connectivity index (χ1) is 7.58. The van der Waals surface area contributed by atoms with Gasteiger partial charge in [-0.15, -0.1) is 5.10 Å². The maximum absolute atomic E-state index is 11.7. The Labute approximate surface area is 90.6 Å². The van der Waals surface area contributed by atoms with Crippen LogP contribution < -0.4 is 10.4 Å². The molecule has 2 aromatic rings. The third kappa shape index (κ3) is 2.11. The highest BCUT2D eigenvalue weighted by Gasteiger charge is 2.14. The molecule has 7 nitrogen and oxygen atoms in total. The Morgan fingerprint density at radius 1 is 1.19 bits per heavy atom. The molecule has 1 aromatic heterocycles. The van der Waals surface area contributed by atoms with E-state index in [1.54, 1.807) is 18.2 Å². The number of rotatable bonds is 3. The zero-order valence-electron chi connectivity index (χ0n) is 7.97. The number of aromatic nitrogens is 3. The molecule has 3 N–H and O–H groups in total. The average molecular weight is 240 g/mol. The van der Waals surface area contributed by atoms with Gasteiger partial charge in [-0.25, -0.2) is 23.0 Å². The molecular formula is C8H8N4O3S. The van der Waals surface area contributed by atoms with Crippen LogP contribution in [0, 0.1) is 0 Å². The molecule has 2 rings (SSSR count). The second kappa shape index (κ2) is 3.81. The van der Waals surface area contributed by atoms with Gasteiger partial charge in [-0.3, -0.25) is 4.98 Å². The molecule has 0 aliphatic rings. The minimum absolute atomic E-state index is 0.0962. The molecule has 0 amide bonds. The number of anilines is 1. The molecule has 0 aliphatic carbocycles. The molecule has 1 aromatic carbocycles. The Kier molecular flexibility index (Phi) is 2.49. The number of H-pyrrole nitrogens is 2. The highest BCUT2D eigenvalue weighted by atomic mass is 32.2. The highest BCUT2D eigenvalue weighted by Crippen LogP contribution is 2.10. The lowest BCUT2D eigenvalue weighted by molar-refractivity contribution is 0.601. The molecule has 0 radical (unpaired) electrons. The summed E-state index contributed by atoms with van der Waals surface area (Å²) in [6.45, 7) is 0. The third-order valence-corrected chi connectivity index (χ3v) is 3.14. The predicted molar refractivity (Wildman–Crippen MR) is 56.5 cm³/mol. The summed E-state index contributed by atoms with van der Waals surface area (Å²) in [6, 6.07) is 7.78. The summed E-state index contributed by atoms with van der Waals surface area (Å²) in [7, 11) is -3.70. The standard InChI is InChI=1S/C8H8N4O3S/c13-8-9-7(10-11-8)12-16(14,15)6-4-2-1-3-5-6/h1-5H,(H3,9,10,11,12,13). The fourth-order valence-electron chi connectivity index (χ4n) is 1.10. The van der Waals surface area contributed by atoms with Crippen LogP contribution in [0.15, 0.2) is 40.0 Å². The summed E-state index contributed by atoms with van der Waals surface area (Å²) in [5, 5.41) is 5.50. The smallest absolute Gasteiger partial charge is 0.275 e. The number of nitrogens with zero attached hydrogens (tertiary/aromatic N) is 1. The normalized spacial score (nSPS) is 11.2. The van der Waals surface area contributed by atoms with Crippen LogP contribution in [0.4, 0.5) is 5.95 Å². The second-order valence-electron chi connectivity index (χ2n) is 2.94. The van der Waals surface area contributed by atoms with Gasteiger partial charge in [0.1, 0.15) is 0 Å². The van der Waals surface area contributed by atoms with E-state index in [4.69, 9.17) is 0 Å². The molecule has 0 aliphatic heterocycles. The van der Waals surface area contributed by atoms with Crippen LogP contribution in [0.5, 0.6) is 0 Å². The molecule has 8 heteroatoms. The molecule has 0 saturated carbocycles. The summed E-state index contributed by atoms with van der Waals surface area (Å²) in [5.41, 5.74) is -0.578. The van der Waals surface area contributed by atoms with Gasteiger partial charge in [-0.05, 0) is 12.1 Å². The number of hydrogen-bond donors (Lipinski definition) is 3. The van der Waals surface area contributed by atoms with E-state index in [1.807, 2.05) is 0 Å². The maximum Gasteiger partial charge on any atom is 0.342 e. The maximum atomic E-state index is 11.7. The van der Waals surface area contributed by atoms with E-state index >= 15 is 0 Å². The van der Waals surface area contributed by atoms with Crippen molar-refractivity contribution in [1.29, 1.82) is 0 Å². The monoisotopic (exact) mass is 240 g/mol. The van der Waals surface area contributed by atoms with Crippen molar-refractivity contribution in [3.05, 3.63) is 40.8 Å². The fourth-order valence-corrected chi connectivity index (χ4v) is 2.09. The molecule has 0 unspecified atom stereocenters. The number of benzene rings is 1. The van der Waals surface area contributed by atoms with Crippen molar-refractivity contribution in [3.8, 4) is 0 Å². The first-order valence-corrected chi connectivity index (χ1v) is 5.79. The van der Waals surface area contributed by atoms with Crippen molar-refractivity contribution in [1.82, 2.24) is 15.2 Å². The summed E-state index contributed by atoms with van der Waals surface area (Å²) in [5.74, 6) is -0.145. The van der Waals surface area contributed by atoms with Crippen LogP contribution in [-0.2, 0) is 10.0 Å². The van der Waals surface area contributed by atoms with E-state index in [0.717, 1.165) is 0 Å². The van der Waals surface area contributed by atoms with Gasteiger partial charge in [0.25, 0.3) is 10.0 Å². The summed E-state index contributed by atoms with van der Waals surface area (Å²) in [6.07, 6.45) is 0. The van der Waals surface area contributed by atoms with Crippen LogP contribution in [-0.4, -0.2) is 23.6 Å². The summed E-state index contributed by atoms with van der Waals surface area (Å²) < 4.78 is 25.6. The lowest BCUT2D eigenvalue weighted by Gasteiger charge is -2.03. The van der Waals surface area contributed by atoms with Crippen LogP contribution in [0.2, 0.25) is 0 Å². The van der Waals surface area contributed by atoms with Crippen molar-refractivity contribution >= 4 is 16.0 Å². The van der Waals surface area contributed by atoms with Crippen molar-refractivity contribution in [2.24, 2.45) is 0 Å². The van der Waals surface area contributed by atoms with Crippen molar-refractivity contribution in [3.63, 3.8) is 0 Å². The van der Waals surface area contributed by atoms with Crippen LogP contribution >= 0.6 is 0 Å². The van der Waals surface area contributed by atoms with E-state index in [9.17, 15) is 13.2 Å². The molecule has 84 valence electrons. The van der Waals surface area contributed by atoms with Gasteiger partial charge in [-0.2, -0.15) is 0 Å². The largest absolute Gasteiger partial charge is 0.342 e. The Balaban J connectivity index is 2.31. The topological polar surface area (TPSA) is 108 Å². The third-order valence-electron chi connectivity index (χ3n) is 1.79. The quantitative estimate of drug-likeness (QED) is 0.696. The lowest BCUT2D eigenvalue weighted by Crippen LogP contribution is -2.14. The molecule has 16 heavy (non-hydrogen) atoms. The zero-order chi connectivity index (χ0) is 11.6. The van der Waals surface area contributed by atoms with Crippen molar-refractivity contribution in [2.45, 2.75) is 4.90 Å². The van der Waals surface area contributed by atoms with Gasteiger partial charge in [0.15, 0.2) is 0 Å². The Morgan fingerprint density at radius 2 is 1.88 bits per heavy atom. The van der Waals surface area contributed by atoms with Gasteiger partial charge in [0, 0.05) is 0 Å². The molecule has 1 heterocycles. The van der Waals surface area contributed by atoms with Crippen LogP contribution in [0.25, 0.3) is 0 Å². The Bertz CT molecular complexity index is 629. The summed E-state index contributed by atoms with van der Waals surface area (Å²) >= 11 is 0. The highest BCUT2D eigenvalue weighted by molar-refractivity contribution is 7.92. The Hall–Kier alpha value is -2.09. The number of sulfonamides is 1. The summed E-state index contributed by atoms with van der Waals surface area (Å²) in [4.78, 5) is 13.0. The number of aromatic amines is 2. The molecular weight excluding hydrogens is 232 g/mol. The van der Waals surface area contributed by atoms with Crippen LogP contribution in [0.1, 0.15) is 0 Å². The van der Waals surface area contributed by atoms with Gasteiger partial charge in [0.2, 0.25) is 5.95 Å². The number of hydrogen-bond acceptors (Lipinski definition) is 4. The molecule has 0 atom stereocenters. The van der Waals surface area contributed by atoms with Crippen molar-refractivity contribution < 1.29 is 8.42 Å². The molecule has 0 fully saturated rings. The van der Waals surface area contributed by atoms with Gasteiger partial charge in [0.05, 0.1) is 4.90 Å². The predicted octanol–water partition coefficient (Wildman–Crippen LogP) is -0.101. The molecule has 0 bridgehead atoms. The fraction of sp³-hybridized carbons (Fsp3) is 0. The lowest BCUT2D eigenvalue weighted by atomic mass is 10.4. The minimum Gasteiger partial charge on any atom is -0.275 e. The minimum atomic E-state index is -3.70. The van der Waals surface area contributed by atoms with E-state index in [-0.39, 0.29) is 10.8 Å². The van der Waals surface area contributed by atoms with E-state index < -0.39 is 15.7 Å². The Morgan fingerprint density at radius 3 is 2.44 bits per heavy atom. The van der Waals surface area contributed by atoms with Crippen molar-refractivity contribution in [2.75, 3.05) is 4.72 Å². The van der Waals surface area contributed by atoms with Crippen LogP contribution in [0.3, 0.4) is 0 Å². The average Bonchev–Trinajstić information content (AvgIpc) is 2.64. The second-order valence-corrected chi connectivity index (χ2v) is 4.63. The van der Waals surface area contributed by atoms with E-state index in [0.29, 0.717) is 0 Å². The SMILES string of the molecule is O=c1[nH]nc(NS(=O)(=O)c2ccccc2)[nH]1. The van der Waals surface area contributed by atoms with Gasteiger partial charge >= 0.3 is 5.69 Å². The van der Waals surface area contributed by atoms with E-state index in [1.165, 1.54) is 12.1 Å². The molecule has 0 spiro atoms. The van der Waals surface area contributed by atoms with E-state index in [2.05, 4.69) is 19.9 Å². The van der Waals surface area contributed by atoms with Gasteiger partial charge in [-0.1, -0.05) is 18.2 Å². The zero-order valence-corrected chi connectivity index (χ0v) is 8.78. The van der Waals surface area contributed by atoms with Gasteiger partial charge < -0.3 is 0 Å².